The molecule has 0 spiro atoms. The molecule has 22 heavy (non-hydrogen) atoms. The average molecular weight is 302 g/mol. The number of piperazine rings is 1. The summed E-state index contributed by atoms with van der Waals surface area (Å²) in [4.78, 5) is 26.9. The molecular weight excluding hydrogens is 280 g/mol. The van der Waals surface area contributed by atoms with Gasteiger partial charge in [0.2, 0.25) is 5.91 Å². The molecule has 118 valence electrons. The summed E-state index contributed by atoms with van der Waals surface area (Å²) in [6.07, 6.45) is 0. The fourth-order valence-electron chi connectivity index (χ4n) is 3.12. The molecule has 6 nitrogen and oxygen atoms in total. The molecule has 1 amide bonds. The first kappa shape index (κ1) is 14.8. The Morgan fingerprint density at radius 3 is 2.59 bits per heavy atom. The summed E-state index contributed by atoms with van der Waals surface area (Å²) in [6.45, 7) is 6.92. The molecule has 0 bridgehead atoms. The van der Waals surface area contributed by atoms with E-state index in [4.69, 9.17) is 0 Å². The standard InChI is InChI=1S/C16H22N4O2/c1-3-19-13-6-4-5-7-14(13)20(16(19)22)11-15(21)18-9-8-17-12(2)10-18/h4-7,12,17H,3,8-11H2,1-2H3. The summed E-state index contributed by atoms with van der Waals surface area (Å²) in [7, 11) is 0. The van der Waals surface area contributed by atoms with Crippen LogP contribution in [-0.4, -0.2) is 45.6 Å². The zero-order valence-electron chi connectivity index (χ0n) is 13.1. The second-order valence-corrected chi connectivity index (χ2v) is 5.80. The molecule has 2 aromatic rings. The molecule has 0 saturated carbocycles. The average Bonchev–Trinajstić information content (AvgIpc) is 2.79. The van der Waals surface area contributed by atoms with Crippen LogP contribution in [0.3, 0.4) is 0 Å². The first-order valence-electron chi connectivity index (χ1n) is 7.81. The molecule has 1 N–H and O–H groups in total. The monoisotopic (exact) mass is 302 g/mol. The number of benzene rings is 1. The van der Waals surface area contributed by atoms with Gasteiger partial charge in [-0.15, -0.1) is 0 Å². The van der Waals surface area contributed by atoms with Crippen LogP contribution in [0.1, 0.15) is 13.8 Å². The Morgan fingerprint density at radius 1 is 1.27 bits per heavy atom. The highest BCUT2D eigenvalue weighted by molar-refractivity contribution is 5.81. The SMILES string of the molecule is CCn1c(=O)n(CC(=O)N2CCNC(C)C2)c2ccccc21. The third kappa shape index (κ3) is 2.54. The number of rotatable bonds is 3. The lowest BCUT2D eigenvalue weighted by Crippen LogP contribution is -2.52. The zero-order valence-corrected chi connectivity index (χ0v) is 13.1. The van der Waals surface area contributed by atoms with E-state index in [1.165, 1.54) is 0 Å². The van der Waals surface area contributed by atoms with Crippen LogP contribution in [-0.2, 0) is 17.9 Å². The molecule has 0 radical (unpaired) electrons. The lowest BCUT2D eigenvalue weighted by atomic mass is 10.2. The Labute approximate surface area is 129 Å². The van der Waals surface area contributed by atoms with E-state index in [1.54, 1.807) is 9.13 Å². The maximum Gasteiger partial charge on any atom is 0.329 e. The normalized spacial score (nSPS) is 18.8. The highest BCUT2D eigenvalue weighted by atomic mass is 16.2. The third-order valence-electron chi connectivity index (χ3n) is 4.26. The lowest BCUT2D eigenvalue weighted by molar-refractivity contribution is -0.132. The lowest BCUT2D eigenvalue weighted by Gasteiger charge is -2.32. The van der Waals surface area contributed by atoms with Crippen LogP contribution >= 0.6 is 0 Å². The molecule has 1 aromatic carbocycles. The third-order valence-corrected chi connectivity index (χ3v) is 4.26. The Morgan fingerprint density at radius 2 is 1.95 bits per heavy atom. The largest absolute Gasteiger partial charge is 0.338 e. The first-order chi connectivity index (χ1) is 10.6. The highest BCUT2D eigenvalue weighted by Crippen LogP contribution is 2.13. The van der Waals surface area contributed by atoms with Crippen molar-refractivity contribution in [2.24, 2.45) is 0 Å². The second kappa shape index (κ2) is 5.96. The van der Waals surface area contributed by atoms with Gasteiger partial charge in [0.25, 0.3) is 0 Å². The molecule has 1 fully saturated rings. The minimum Gasteiger partial charge on any atom is -0.338 e. The number of nitrogens with zero attached hydrogens (tertiary/aromatic N) is 3. The van der Waals surface area contributed by atoms with Crippen molar-refractivity contribution in [2.75, 3.05) is 19.6 Å². The van der Waals surface area contributed by atoms with E-state index < -0.39 is 0 Å². The van der Waals surface area contributed by atoms with Crippen molar-refractivity contribution in [3.8, 4) is 0 Å². The fourth-order valence-corrected chi connectivity index (χ4v) is 3.12. The van der Waals surface area contributed by atoms with Gasteiger partial charge in [0.15, 0.2) is 0 Å². The number of nitrogens with one attached hydrogen (secondary N) is 1. The number of aromatic nitrogens is 2. The topological polar surface area (TPSA) is 59.3 Å². The van der Waals surface area contributed by atoms with Gasteiger partial charge >= 0.3 is 5.69 Å². The van der Waals surface area contributed by atoms with Gasteiger partial charge in [0.1, 0.15) is 6.54 Å². The summed E-state index contributed by atoms with van der Waals surface area (Å²) >= 11 is 0. The number of hydrogen-bond donors (Lipinski definition) is 1. The van der Waals surface area contributed by atoms with Crippen molar-refractivity contribution in [2.45, 2.75) is 33.0 Å². The summed E-state index contributed by atoms with van der Waals surface area (Å²) in [5.41, 5.74) is 1.60. The van der Waals surface area contributed by atoms with E-state index in [0.717, 1.165) is 17.6 Å². The van der Waals surface area contributed by atoms with Crippen molar-refractivity contribution < 1.29 is 4.79 Å². The molecular formula is C16H22N4O2. The Balaban J connectivity index is 1.92. The summed E-state index contributed by atoms with van der Waals surface area (Å²) in [5.74, 6) is 0.00876. The molecule has 1 aromatic heterocycles. The van der Waals surface area contributed by atoms with Gasteiger partial charge in [-0.05, 0) is 26.0 Å². The number of carbonyl (C=O) groups excluding carboxylic acids is 1. The van der Waals surface area contributed by atoms with Crippen molar-refractivity contribution in [3.63, 3.8) is 0 Å². The Kier molecular flexibility index (Phi) is 4.02. The van der Waals surface area contributed by atoms with Crippen LogP contribution < -0.4 is 11.0 Å². The summed E-state index contributed by atoms with van der Waals surface area (Å²) in [5, 5.41) is 3.32. The van der Waals surface area contributed by atoms with E-state index in [-0.39, 0.29) is 18.1 Å². The van der Waals surface area contributed by atoms with E-state index in [1.807, 2.05) is 36.1 Å². The number of fused-ring (bicyclic) bond motifs is 1. The van der Waals surface area contributed by atoms with Gasteiger partial charge in [-0.1, -0.05) is 12.1 Å². The van der Waals surface area contributed by atoms with Gasteiger partial charge in [0, 0.05) is 32.2 Å². The van der Waals surface area contributed by atoms with Crippen LogP contribution in [0.2, 0.25) is 0 Å². The Bertz CT molecular complexity index is 746. The molecule has 1 saturated heterocycles. The molecule has 0 aliphatic carbocycles. The van der Waals surface area contributed by atoms with Crippen LogP contribution in [0, 0.1) is 0 Å². The summed E-state index contributed by atoms with van der Waals surface area (Å²) < 4.78 is 3.30. The second-order valence-electron chi connectivity index (χ2n) is 5.80. The van der Waals surface area contributed by atoms with Crippen LogP contribution in [0.4, 0.5) is 0 Å². The number of imidazole rings is 1. The van der Waals surface area contributed by atoms with E-state index in [9.17, 15) is 9.59 Å². The number of para-hydroxylation sites is 2. The predicted molar refractivity (Wildman–Crippen MR) is 85.9 cm³/mol. The van der Waals surface area contributed by atoms with Crippen LogP contribution in [0.5, 0.6) is 0 Å². The van der Waals surface area contributed by atoms with Gasteiger partial charge in [-0.25, -0.2) is 4.79 Å². The smallest absolute Gasteiger partial charge is 0.329 e. The predicted octanol–water partition coefficient (Wildman–Crippen LogP) is 0.643. The molecule has 2 heterocycles. The van der Waals surface area contributed by atoms with Crippen molar-refractivity contribution in [1.29, 1.82) is 0 Å². The van der Waals surface area contributed by atoms with Crippen LogP contribution in [0.15, 0.2) is 29.1 Å². The minimum atomic E-state index is -0.111. The maximum absolute atomic E-state index is 12.5. The molecule has 1 aliphatic heterocycles. The Hall–Kier alpha value is -2.08. The van der Waals surface area contributed by atoms with Crippen LogP contribution in [0.25, 0.3) is 11.0 Å². The summed E-state index contributed by atoms with van der Waals surface area (Å²) in [6, 6.07) is 7.93. The zero-order chi connectivity index (χ0) is 15.7. The fraction of sp³-hybridized carbons (Fsp3) is 0.500. The molecule has 6 heteroatoms. The maximum atomic E-state index is 12.5. The van der Waals surface area contributed by atoms with Crippen molar-refractivity contribution >= 4 is 16.9 Å². The van der Waals surface area contributed by atoms with Gasteiger partial charge < -0.3 is 10.2 Å². The number of hydrogen-bond acceptors (Lipinski definition) is 3. The molecule has 1 aliphatic rings. The molecule has 1 atom stereocenters. The first-order valence-corrected chi connectivity index (χ1v) is 7.81. The number of carbonyl (C=O) groups is 1. The number of aryl methyl sites for hydroxylation is 1. The van der Waals surface area contributed by atoms with E-state index in [2.05, 4.69) is 12.2 Å². The van der Waals surface area contributed by atoms with Crippen molar-refractivity contribution in [3.05, 3.63) is 34.7 Å². The van der Waals surface area contributed by atoms with E-state index in [0.29, 0.717) is 25.7 Å². The molecule has 3 rings (SSSR count). The van der Waals surface area contributed by atoms with Gasteiger partial charge in [-0.3, -0.25) is 13.9 Å². The highest BCUT2D eigenvalue weighted by Gasteiger charge is 2.22. The van der Waals surface area contributed by atoms with Gasteiger partial charge in [-0.2, -0.15) is 0 Å². The van der Waals surface area contributed by atoms with Crippen molar-refractivity contribution in [1.82, 2.24) is 19.4 Å². The molecule has 1 unspecified atom stereocenters. The van der Waals surface area contributed by atoms with E-state index >= 15 is 0 Å². The number of amides is 1. The minimum absolute atomic E-state index is 0.00876. The quantitative estimate of drug-likeness (QED) is 0.905. The van der Waals surface area contributed by atoms with Gasteiger partial charge in [0.05, 0.1) is 11.0 Å².